The Kier molecular flexibility index (Phi) is 5.29. The molecule has 8 nitrogen and oxygen atoms in total. The number of rotatable bonds is 3. The summed E-state index contributed by atoms with van der Waals surface area (Å²) in [6.45, 7) is 4.93. The van der Waals surface area contributed by atoms with E-state index in [0.717, 1.165) is 23.1 Å². The Morgan fingerprint density at radius 2 is 2.00 bits per heavy atom. The topological polar surface area (TPSA) is 91.4 Å². The molecule has 0 aromatic carbocycles. The van der Waals surface area contributed by atoms with Gasteiger partial charge in [0.1, 0.15) is 23.3 Å². The highest BCUT2D eigenvalue weighted by atomic mass is 19.4. The maximum atomic E-state index is 14.6. The molecule has 180 valence electrons. The molecule has 0 radical (unpaired) electrons. The molecule has 0 amide bonds. The molecule has 0 fully saturated rings. The van der Waals surface area contributed by atoms with Gasteiger partial charge in [0.15, 0.2) is 5.82 Å². The fraction of sp³-hybridized carbons (Fsp3) is 0.500. The van der Waals surface area contributed by atoms with Crippen molar-refractivity contribution in [2.45, 2.75) is 57.7 Å². The Morgan fingerprint density at radius 3 is 2.71 bits per heavy atom. The van der Waals surface area contributed by atoms with Crippen LogP contribution in [-0.2, 0) is 19.5 Å². The van der Waals surface area contributed by atoms with E-state index in [-0.39, 0.29) is 29.8 Å². The zero-order valence-corrected chi connectivity index (χ0v) is 18.7. The van der Waals surface area contributed by atoms with Gasteiger partial charge in [0.25, 0.3) is 0 Å². The minimum absolute atomic E-state index is 0.0442. The van der Waals surface area contributed by atoms with Crippen LogP contribution >= 0.6 is 0 Å². The van der Waals surface area contributed by atoms with Crippen molar-refractivity contribution in [2.75, 3.05) is 18.0 Å². The SMILES string of the molecule is C[C@@H]1CN(c2ccc(C#N)n3ncc(F)c23)Cc2c3c(nn21)CN(C[C@H](N)C(F)(F)F)[C@@H](C)C3. The molecular formula is C22H24F4N8. The van der Waals surface area contributed by atoms with E-state index in [1.807, 2.05) is 29.5 Å². The number of nitriles is 1. The summed E-state index contributed by atoms with van der Waals surface area (Å²) >= 11 is 0. The first-order chi connectivity index (χ1) is 16.1. The molecule has 12 heteroatoms. The quantitative estimate of drug-likeness (QED) is 0.585. The Bertz CT molecular complexity index is 1290. The molecule has 5 heterocycles. The van der Waals surface area contributed by atoms with Crippen molar-refractivity contribution in [1.29, 1.82) is 5.26 Å². The van der Waals surface area contributed by atoms with Crippen LogP contribution in [0.15, 0.2) is 18.3 Å². The first kappa shape index (κ1) is 22.6. The lowest BCUT2D eigenvalue weighted by molar-refractivity contribution is -0.153. The number of alkyl halides is 3. The van der Waals surface area contributed by atoms with E-state index in [9.17, 15) is 22.8 Å². The van der Waals surface area contributed by atoms with Crippen LogP contribution in [0.2, 0.25) is 0 Å². The zero-order chi connectivity index (χ0) is 24.4. The third kappa shape index (κ3) is 3.59. The zero-order valence-electron chi connectivity index (χ0n) is 18.7. The Hall–Kier alpha value is -3.17. The standard InChI is InChI=1S/C22H24F4N8/c1-12-5-15-17(9-31(12)11-20(28)22(24,25)26)30-33-13(2)8-32(10-19(15)33)18-4-3-14(6-27)34-21(18)16(23)7-29-34/h3-4,7,12-13,20H,5,8-11,28H2,1-2H3/t12-,13+,20-/m0/s1. The Morgan fingerprint density at radius 1 is 1.24 bits per heavy atom. The van der Waals surface area contributed by atoms with Crippen LogP contribution in [0.4, 0.5) is 23.2 Å². The fourth-order valence-corrected chi connectivity index (χ4v) is 5.04. The predicted molar refractivity (Wildman–Crippen MR) is 115 cm³/mol. The molecule has 3 aromatic rings. The van der Waals surface area contributed by atoms with Crippen molar-refractivity contribution in [1.82, 2.24) is 24.3 Å². The van der Waals surface area contributed by atoms with Gasteiger partial charge in [0, 0.05) is 31.2 Å². The van der Waals surface area contributed by atoms with Gasteiger partial charge >= 0.3 is 6.18 Å². The van der Waals surface area contributed by atoms with E-state index in [4.69, 9.17) is 10.8 Å². The number of aromatic nitrogens is 4. The minimum atomic E-state index is -4.45. The third-order valence-corrected chi connectivity index (χ3v) is 6.82. The normalized spacial score (nSPS) is 21.9. The van der Waals surface area contributed by atoms with Crippen LogP contribution in [0.5, 0.6) is 0 Å². The molecule has 2 aliphatic rings. The van der Waals surface area contributed by atoms with E-state index in [0.29, 0.717) is 31.7 Å². The molecule has 0 bridgehead atoms. The number of halogens is 4. The van der Waals surface area contributed by atoms with Crippen molar-refractivity contribution in [3.8, 4) is 6.07 Å². The second-order valence-corrected chi connectivity index (χ2v) is 9.15. The molecule has 0 saturated carbocycles. The molecule has 0 aliphatic carbocycles. The highest BCUT2D eigenvalue weighted by molar-refractivity contribution is 5.75. The molecule has 0 saturated heterocycles. The highest BCUT2D eigenvalue weighted by Crippen LogP contribution is 2.36. The molecule has 0 spiro atoms. The number of pyridine rings is 1. The van der Waals surface area contributed by atoms with Gasteiger partial charge in [-0.15, -0.1) is 0 Å². The molecule has 5 rings (SSSR count). The van der Waals surface area contributed by atoms with Gasteiger partial charge < -0.3 is 10.6 Å². The van der Waals surface area contributed by atoms with E-state index >= 15 is 0 Å². The van der Waals surface area contributed by atoms with Crippen LogP contribution < -0.4 is 10.6 Å². The molecule has 3 atom stereocenters. The summed E-state index contributed by atoms with van der Waals surface area (Å²) in [5, 5.41) is 18.1. The largest absolute Gasteiger partial charge is 0.404 e. The molecule has 2 N–H and O–H groups in total. The van der Waals surface area contributed by atoms with Crippen molar-refractivity contribution in [3.05, 3.63) is 46.8 Å². The monoisotopic (exact) mass is 476 g/mol. The highest BCUT2D eigenvalue weighted by Gasteiger charge is 2.40. The smallest absolute Gasteiger partial charge is 0.362 e. The molecular weight excluding hydrogens is 452 g/mol. The van der Waals surface area contributed by atoms with Gasteiger partial charge in [-0.2, -0.15) is 28.6 Å². The lowest BCUT2D eigenvalue weighted by atomic mass is 9.96. The number of nitrogens with zero attached hydrogens (tertiary/aromatic N) is 7. The van der Waals surface area contributed by atoms with Gasteiger partial charge in [-0.25, -0.2) is 8.91 Å². The van der Waals surface area contributed by atoms with Crippen LogP contribution in [0.3, 0.4) is 0 Å². The van der Waals surface area contributed by atoms with Crippen molar-refractivity contribution >= 4 is 11.2 Å². The fourth-order valence-electron chi connectivity index (χ4n) is 5.04. The van der Waals surface area contributed by atoms with Crippen LogP contribution in [-0.4, -0.2) is 55.6 Å². The van der Waals surface area contributed by atoms with Crippen LogP contribution in [0.1, 0.15) is 42.5 Å². The maximum Gasteiger partial charge on any atom is 0.404 e. The molecule has 3 aromatic heterocycles. The Labute approximate surface area is 193 Å². The van der Waals surface area contributed by atoms with Crippen molar-refractivity contribution < 1.29 is 17.6 Å². The summed E-state index contributed by atoms with van der Waals surface area (Å²) < 4.78 is 56.9. The first-order valence-electron chi connectivity index (χ1n) is 11.0. The summed E-state index contributed by atoms with van der Waals surface area (Å²) in [5.41, 5.74) is 9.25. The summed E-state index contributed by atoms with van der Waals surface area (Å²) in [7, 11) is 0. The van der Waals surface area contributed by atoms with Gasteiger partial charge in [0.05, 0.1) is 35.9 Å². The van der Waals surface area contributed by atoms with Crippen LogP contribution in [0.25, 0.3) is 5.52 Å². The van der Waals surface area contributed by atoms with Crippen LogP contribution in [0, 0.1) is 17.1 Å². The van der Waals surface area contributed by atoms with E-state index in [1.54, 1.807) is 17.0 Å². The maximum absolute atomic E-state index is 14.6. The summed E-state index contributed by atoms with van der Waals surface area (Å²) in [5.74, 6) is -0.508. The number of hydrogen-bond donors (Lipinski definition) is 1. The van der Waals surface area contributed by atoms with Crippen molar-refractivity contribution in [2.24, 2.45) is 5.73 Å². The minimum Gasteiger partial charge on any atom is -0.362 e. The Balaban J connectivity index is 1.47. The molecule has 0 unspecified atom stereocenters. The number of fused-ring (bicyclic) bond motifs is 4. The van der Waals surface area contributed by atoms with Gasteiger partial charge in [-0.1, -0.05) is 0 Å². The third-order valence-electron chi connectivity index (χ3n) is 6.82. The van der Waals surface area contributed by atoms with E-state index in [2.05, 4.69) is 5.10 Å². The number of hydrogen-bond acceptors (Lipinski definition) is 6. The average molecular weight is 476 g/mol. The second kappa shape index (κ2) is 7.95. The number of anilines is 1. The van der Waals surface area contributed by atoms with Gasteiger partial charge in [-0.05, 0) is 32.4 Å². The van der Waals surface area contributed by atoms with Crippen molar-refractivity contribution in [3.63, 3.8) is 0 Å². The average Bonchev–Trinajstić information content (AvgIpc) is 3.34. The summed E-state index contributed by atoms with van der Waals surface area (Å²) in [4.78, 5) is 3.77. The lowest BCUT2D eigenvalue weighted by Gasteiger charge is -2.36. The van der Waals surface area contributed by atoms with E-state index in [1.165, 1.54) is 4.52 Å². The summed E-state index contributed by atoms with van der Waals surface area (Å²) in [6.07, 6.45) is -2.79. The van der Waals surface area contributed by atoms with E-state index < -0.39 is 18.0 Å². The van der Waals surface area contributed by atoms with Gasteiger partial charge in [-0.3, -0.25) is 9.58 Å². The second-order valence-electron chi connectivity index (χ2n) is 9.15. The molecule has 2 aliphatic heterocycles. The first-order valence-corrected chi connectivity index (χ1v) is 11.0. The van der Waals surface area contributed by atoms with Gasteiger partial charge in [0.2, 0.25) is 0 Å². The lowest BCUT2D eigenvalue weighted by Crippen LogP contribution is -2.50. The number of nitrogens with two attached hydrogens (primary N) is 1. The summed E-state index contributed by atoms with van der Waals surface area (Å²) in [6, 6.07) is 3.28. The molecule has 34 heavy (non-hydrogen) atoms. The predicted octanol–water partition coefficient (Wildman–Crippen LogP) is 2.76.